The van der Waals surface area contributed by atoms with Crippen molar-refractivity contribution in [3.05, 3.63) is 104 Å². The Balaban J connectivity index is 1.74. The van der Waals surface area contributed by atoms with Gasteiger partial charge in [-0.3, -0.25) is 19.7 Å². The fraction of sp³-hybridized carbons (Fsp3) is 0. The largest absolute Gasteiger partial charge is 0.321 e. The number of nitro benzene ring substituents is 1. The first kappa shape index (κ1) is 20.9. The number of carbonyl (C=O) groups is 2. The van der Waals surface area contributed by atoms with Crippen LogP contribution >= 0.6 is 15.9 Å². The summed E-state index contributed by atoms with van der Waals surface area (Å²) < 4.78 is 0.843. The second kappa shape index (κ2) is 9.57. The van der Waals surface area contributed by atoms with Gasteiger partial charge in [0.25, 0.3) is 17.5 Å². The van der Waals surface area contributed by atoms with Gasteiger partial charge in [-0.1, -0.05) is 40.2 Å². The summed E-state index contributed by atoms with van der Waals surface area (Å²) in [6.07, 6.45) is 1.19. The molecule has 3 aromatic carbocycles. The summed E-state index contributed by atoms with van der Waals surface area (Å²) in [6, 6.07) is 19.3. The third-order valence-corrected chi connectivity index (χ3v) is 4.56. The number of rotatable bonds is 6. The average Bonchev–Trinajstić information content (AvgIpc) is 2.74. The molecule has 9 heteroatoms. The Hall–Kier alpha value is -3.85. The molecular weight excluding hydrogens is 452 g/mol. The number of para-hydroxylation sites is 2. The number of amides is 2. The molecule has 0 aliphatic carbocycles. The van der Waals surface area contributed by atoms with E-state index < -0.39 is 10.8 Å². The molecule has 0 aliphatic heterocycles. The Bertz CT molecular complexity index is 1130. The van der Waals surface area contributed by atoms with Crippen molar-refractivity contribution in [3.8, 4) is 0 Å². The standard InChI is InChI=1S/C21H15BrN4O4/c22-16-11-9-14(10-12-16)20(27)24-18-7-3-2-6-17(18)21(28)25-23-13-15-5-1-4-8-19(15)26(29)30/h1-13H,(H,24,27)(H,25,28)/b23-13+. The number of anilines is 1. The molecule has 0 aliphatic rings. The van der Waals surface area contributed by atoms with Gasteiger partial charge in [0.15, 0.2) is 0 Å². The summed E-state index contributed by atoms with van der Waals surface area (Å²) in [5.41, 5.74) is 3.39. The minimum atomic E-state index is -0.573. The predicted molar refractivity (Wildman–Crippen MR) is 117 cm³/mol. The minimum absolute atomic E-state index is 0.127. The molecule has 0 heterocycles. The molecule has 3 aromatic rings. The van der Waals surface area contributed by atoms with E-state index in [4.69, 9.17) is 0 Å². The molecule has 0 saturated heterocycles. The molecule has 0 saturated carbocycles. The second-order valence-electron chi connectivity index (χ2n) is 6.02. The lowest BCUT2D eigenvalue weighted by molar-refractivity contribution is -0.385. The SMILES string of the molecule is O=C(Nc1ccccc1C(=O)N/N=C/c1ccccc1[N+](=O)[O-])c1ccc(Br)cc1. The van der Waals surface area contributed by atoms with Crippen LogP contribution < -0.4 is 10.7 Å². The van der Waals surface area contributed by atoms with Crippen LogP contribution in [0.1, 0.15) is 26.3 Å². The maximum Gasteiger partial charge on any atom is 0.278 e. The predicted octanol–water partition coefficient (Wildman–Crippen LogP) is 4.37. The zero-order valence-corrected chi connectivity index (χ0v) is 17.0. The smallest absolute Gasteiger partial charge is 0.278 e. The second-order valence-corrected chi connectivity index (χ2v) is 6.94. The number of carbonyl (C=O) groups excluding carboxylic acids is 2. The first-order valence-corrected chi connectivity index (χ1v) is 9.48. The van der Waals surface area contributed by atoms with Crippen molar-refractivity contribution in [3.63, 3.8) is 0 Å². The maximum absolute atomic E-state index is 12.5. The van der Waals surface area contributed by atoms with E-state index in [-0.39, 0.29) is 22.7 Å². The van der Waals surface area contributed by atoms with E-state index in [0.717, 1.165) is 4.47 Å². The molecular formula is C21H15BrN4O4. The molecule has 0 atom stereocenters. The van der Waals surface area contributed by atoms with Gasteiger partial charge in [-0.2, -0.15) is 5.10 Å². The van der Waals surface area contributed by atoms with E-state index in [9.17, 15) is 19.7 Å². The van der Waals surface area contributed by atoms with Crippen LogP contribution in [0.2, 0.25) is 0 Å². The van der Waals surface area contributed by atoms with E-state index in [2.05, 4.69) is 31.8 Å². The van der Waals surface area contributed by atoms with E-state index in [1.807, 2.05) is 0 Å². The molecule has 8 nitrogen and oxygen atoms in total. The highest BCUT2D eigenvalue weighted by Crippen LogP contribution is 2.18. The van der Waals surface area contributed by atoms with E-state index in [1.54, 1.807) is 54.6 Å². The lowest BCUT2D eigenvalue weighted by atomic mass is 10.1. The van der Waals surface area contributed by atoms with Crippen molar-refractivity contribution < 1.29 is 14.5 Å². The first-order valence-electron chi connectivity index (χ1n) is 8.68. The van der Waals surface area contributed by atoms with Crippen LogP contribution in [0.5, 0.6) is 0 Å². The number of hydrogen-bond acceptors (Lipinski definition) is 5. The highest BCUT2D eigenvalue weighted by atomic mass is 79.9. The highest BCUT2D eigenvalue weighted by Gasteiger charge is 2.14. The Morgan fingerprint density at radius 1 is 0.933 bits per heavy atom. The lowest BCUT2D eigenvalue weighted by Gasteiger charge is -2.10. The molecule has 2 amide bonds. The van der Waals surface area contributed by atoms with Gasteiger partial charge in [0, 0.05) is 16.1 Å². The van der Waals surface area contributed by atoms with Gasteiger partial charge in [0.05, 0.1) is 28.0 Å². The van der Waals surface area contributed by atoms with Crippen LogP contribution in [0.3, 0.4) is 0 Å². The molecule has 0 bridgehead atoms. The molecule has 2 N–H and O–H groups in total. The van der Waals surface area contributed by atoms with Crippen LogP contribution in [-0.4, -0.2) is 23.0 Å². The molecule has 0 radical (unpaired) electrons. The van der Waals surface area contributed by atoms with Crippen molar-refractivity contribution in [2.24, 2.45) is 5.10 Å². The fourth-order valence-corrected chi connectivity index (χ4v) is 2.83. The molecule has 0 fully saturated rings. The fourth-order valence-electron chi connectivity index (χ4n) is 2.57. The normalized spacial score (nSPS) is 10.6. The van der Waals surface area contributed by atoms with Crippen molar-refractivity contribution in [1.82, 2.24) is 5.43 Å². The van der Waals surface area contributed by atoms with Crippen LogP contribution in [0, 0.1) is 10.1 Å². The Labute approximate surface area is 179 Å². The van der Waals surface area contributed by atoms with E-state index in [1.165, 1.54) is 24.4 Å². The number of nitro groups is 1. The van der Waals surface area contributed by atoms with Gasteiger partial charge in [0.1, 0.15) is 0 Å². The Morgan fingerprint density at radius 2 is 1.60 bits per heavy atom. The van der Waals surface area contributed by atoms with Crippen molar-refractivity contribution in [1.29, 1.82) is 0 Å². The van der Waals surface area contributed by atoms with Crippen molar-refractivity contribution >= 4 is 45.3 Å². The summed E-state index contributed by atoms with van der Waals surface area (Å²) in [5, 5.41) is 17.5. The van der Waals surface area contributed by atoms with Gasteiger partial charge in [-0.15, -0.1) is 0 Å². The summed E-state index contributed by atoms with van der Waals surface area (Å²) in [6.45, 7) is 0. The monoisotopic (exact) mass is 466 g/mol. The van der Waals surface area contributed by atoms with Crippen molar-refractivity contribution in [2.75, 3.05) is 5.32 Å². The summed E-state index contributed by atoms with van der Waals surface area (Å²) >= 11 is 3.31. The third kappa shape index (κ3) is 5.15. The van der Waals surface area contributed by atoms with Gasteiger partial charge in [0.2, 0.25) is 0 Å². The van der Waals surface area contributed by atoms with Crippen LogP contribution in [0.4, 0.5) is 11.4 Å². The first-order chi connectivity index (χ1) is 14.5. The Kier molecular flexibility index (Phi) is 6.66. The molecule has 0 aromatic heterocycles. The summed E-state index contributed by atoms with van der Waals surface area (Å²) in [5.74, 6) is -0.942. The zero-order chi connectivity index (χ0) is 21.5. The summed E-state index contributed by atoms with van der Waals surface area (Å²) in [4.78, 5) is 35.5. The van der Waals surface area contributed by atoms with E-state index >= 15 is 0 Å². The maximum atomic E-state index is 12.5. The summed E-state index contributed by atoms with van der Waals surface area (Å²) in [7, 11) is 0. The van der Waals surface area contributed by atoms with Gasteiger partial charge in [-0.05, 0) is 42.5 Å². The lowest BCUT2D eigenvalue weighted by Crippen LogP contribution is -2.21. The van der Waals surface area contributed by atoms with Gasteiger partial charge in [-0.25, -0.2) is 5.43 Å². The van der Waals surface area contributed by atoms with Crippen molar-refractivity contribution in [2.45, 2.75) is 0 Å². The number of halogens is 1. The highest BCUT2D eigenvalue weighted by molar-refractivity contribution is 9.10. The molecule has 150 valence electrons. The molecule has 30 heavy (non-hydrogen) atoms. The number of hydrogen-bond donors (Lipinski definition) is 2. The topological polar surface area (TPSA) is 114 Å². The van der Waals surface area contributed by atoms with Gasteiger partial charge >= 0.3 is 0 Å². The van der Waals surface area contributed by atoms with Gasteiger partial charge < -0.3 is 5.32 Å². The molecule has 0 unspecified atom stereocenters. The number of hydrazone groups is 1. The quantitative estimate of drug-likeness (QED) is 0.318. The van der Waals surface area contributed by atoms with Crippen LogP contribution in [0.15, 0.2) is 82.4 Å². The average molecular weight is 467 g/mol. The zero-order valence-electron chi connectivity index (χ0n) is 15.4. The Morgan fingerprint density at radius 3 is 2.33 bits per heavy atom. The van der Waals surface area contributed by atoms with Crippen LogP contribution in [-0.2, 0) is 0 Å². The number of nitrogens with zero attached hydrogens (tertiary/aromatic N) is 2. The molecule has 3 rings (SSSR count). The third-order valence-electron chi connectivity index (χ3n) is 4.03. The minimum Gasteiger partial charge on any atom is -0.321 e. The van der Waals surface area contributed by atoms with Crippen LogP contribution in [0.25, 0.3) is 0 Å². The van der Waals surface area contributed by atoms with E-state index in [0.29, 0.717) is 11.3 Å². The number of nitrogens with one attached hydrogen (secondary N) is 2. The number of benzene rings is 3. The molecule has 0 spiro atoms.